The van der Waals surface area contributed by atoms with Gasteiger partial charge < -0.3 is 15.1 Å². The van der Waals surface area contributed by atoms with E-state index in [1.54, 1.807) is 6.92 Å². The second-order valence-electron chi connectivity index (χ2n) is 10.0. The second-order valence-corrected chi connectivity index (χ2v) is 10.0. The van der Waals surface area contributed by atoms with Gasteiger partial charge in [0.05, 0.1) is 11.4 Å². The Morgan fingerprint density at radius 3 is 2.18 bits per heavy atom. The average Bonchev–Trinajstić information content (AvgIpc) is 3.30. The fraction of sp³-hybridized carbons (Fsp3) is 0.741. The lowest BCUT2D eigenvalue weighted by molar-refractivity contribution is -0.132. The summed E-state index contributed by atoms with van der Waals surface area (Å²) in [6, 6.07) is 3.99. The summed E-state index contributed by atoms with van der Waals surface area (Å²) in [6.45, 7) is 16.0. The smallest absolute Gasteiger partial charge is 0.227 e. The summed E-state index contributed by atoms with van der Waals surface area (Å²) in [7, 11) is 0. The third kappa shape index (κ3) is 8.31. The van der Waals surface area contributed by atoms with Gasteiger partial charge >= 0.3 is 0 Å². The van der Waals surface area contributed by atoms with Crippen molar-refractivity contribution in [1.82, 2.24) is 9.88 Å². The Labute approximate surface area is 201 Å². The van der Waals surface area contributed by atoms with Crippen molar-refractivity contribution >= 4 is 23.3 Å². The zero-order chi connectivity index (χ0) is 24.4. The topological polar surface area (TPSA) is 65.5 Å². The van der Waals surface area contributed by atoms with Gasteiger partial charge in [-0.05, 0) is 50.2 Å². The van der Waals surface area contributed by atoms with Crippen molar-refractivity contribution in [2.75, 3.05) is 36.4 Å². The number of aryl methyl sites for hydroxylation is 1. The lowest BCUT2D eigenvalue weighted by atomic mass is 9.95. The number of likely N-dealkylation sites (tertiary alicyclic amines) is 1. The molecule has 0 aromatic carbocycles. The average molecular weight is 459 g/mol. The molecule has 0 spiro atoms. The third-order valence-corrected chi connectivity index (χ3v) is 7.09. The Balaban J connectivity index is 0.000000569. The van der Waals surface area contributed by atoms with Crippen molar-refractivity contribution in [2.24, 2.45) is 17.8 Å². The van der Waals surface area contributed by atoms with Crippen LogP contribution in [-0.2, 0) is 9.59 Å². The normalized spacial score (nSPS) is 18.8. The molecule has 2 saturated heterocycles. The summed E-state index contributed by atoms with van der Waals surface area (Å²) < 4.78 is 0. The molecule has 0 bridgehead atoms. The molecule has 1 aromatic rings. The van der Waals surface area contributed by atoms with Crippen LogP contribution in [0.15, 0.2) is 12.1 Å². The van der Waals surface area contributed by atoms with E-state index in [9.17, 15) is 9.59 Å². The number of hydrogen-bond acceptors (Lipinski definition) is 4. The predicted molar refractivity (Wildman–Crippen MR) is 138 cm³/mol. The number of aromatic nitrogens is 1. The highest BCUT2D eigenvalue weighted by Gasteiger charge is 2.28. The maximum absolute atomic E-state index is 12.6. The molecule has 6 heteroatoms. The van der Waals surface area contributed by atoms with Crippen LogP contribution in [0.25, 0.3) is 0 Å². The van der Waals surface area contributed by atoms with Crippen molar-refractivity contribution in [3.63, 3.8) is 0 Å². The molecule has 1 aromatic heterocycles. The van der Waals surface area contributed by atoms with Crippen LogP contribution in [0.1, 0.15) is 85.3 Å². The molecule has 2 aliphatic rings. The molecule has 186 valence electrons. The highest BCUT2D eigenvalue weighted by Crippen LogP contribution is 2.29. The van der Waals surface area contributed by atoms with Crippen molar-refractivity contribution in [3.05, 3.63) is 17.8 Å². The van der Waals surface area contributed by atoms with Crippen LogP contribution in [0, 0.1) is 24.7 Å². The molecule has 3 heterocycles. The maximum atomic E-state index is 12.6. The first-order chi connectivity index (χ1) is 15.8. The number of nitrogens with zero attached hydrogens (tertiary/aromatic N) is 3. The molecule has 2 amide bonds. The fourth-order valence-electron chi connectivity index (χ4n) is 4.59. The first kappa shape index (κ1) is 27.1. The Bertz CT molecular complexity index is 752. The molecule has 2 aliphatic heterocycles. The highest BCUT2D eigenvalue weighted by molar-refractivity contribution is 5.93. The van der Waals surface area contributed by atoms with Gasteiger partial charge in [-0.2, -0.15) is 0 Å². The van der Waals surface area contributed by atoms with Crippen LogP contribution >= 0.6 is 0 Å². The molecule has 1 N–H and O–H groups in total. The monoisotopic (exact) mass is 458 g/mol. The minimum atomic E-state index is -0.0370. The number of hydrogen-bond donors (Lipinski definition) is 1. The van der Waals surface area contributed by atoms with Crippen molar-refractivity contribution in [2.45, 2.75) is 86.5 Å². The van der Waals surface area contributed by atoms with Gasteiger partial charge in [0.2, 0.25) is 11.8 Å². The van der Waals surface area contributed by atoms with Crippen molar-refractivity contribution in [1.29, 1.82) is 0 Å². The number of carbonyl (C=O) groups is 2. The molecule has 0 aliphatic carbocycles. The van der Waals surface area contributed by atoms with E-state index < -0.39 is 0 Å². The van der Waals surface area contributed by atoms with Crippen LogP contribution in [0.2, 0.25) is 0 Å². The van der Waals surface area contributed by atoms with E-state index in [-0.39, 0.29) is 17.7 Å². The van der Waals surface area contributed by atoms with E-state index in [1.165, 1.54) is 32.1 Å². The number of piperidine rings is 1. The van der Waals surface area contributed by atoms with E-state index >= 15 is 0 Å². The lowest BCUT2D eigenvalue weighted by Gasteiger charge is -2.30. The Morgan fingerprint density at radius 1 is 1.06 bits per heavy atom. The summed E-state index contributed by atoms with van der Waals surface area (Å²) in [5.74, 6) is 2.52. The molecule has 0 radical (unpaired) electrons. The first-order valence-electron chi connectivity index (χ1n) is 13.1. The van der Waals surface area contributed by atoms with E-state index in [0.29, 0.717) is 19.0 Å². The zero-order valence-electron chi connectivity index (χ0n) is 21.8. The summed E-state index contributed by atoms with van der Waals surface area (Å²) in [4.78, 5) is 32.9. The van der Waals surface area contributed by atoms with Crippen molar-refractivity contribution < 1.29 is 9.59 Å². The number of rotatable bonds is 7. The molecule has 33 heavy (non-hydrogen) atoms. The molecule has 3 rings (SSSR count). The Kier molecular flexibility index (Phi) is 11.2. The number of amides is 2. The van der Waals surface area contributed by atoms with E-state index in [1.807, 2.05) is 24.0 Å². The van der Waals surface area contributed by atoms with Crippen LogP contribution in [-0.4, -0.2) is 47.9 Å². The third-order valence-electron chi connectivity index (χ3n) is 7.09. The van der Waals surface area contributed by atoms with Gasteiger partial charge in [0.25, 0.3) is 0 Å². The van der Waals surface area contributed by atoms with Gasteiger partial charge in [0.15, 0.2) is 0 Å². The quantitative estimate of drug-likeness (QED) is 0.536. The van der Waals surface area contributed by atoms with Gasteiger partial charge in [-0.1, -0.05) is 53.4 Å². The van der Waals surface area contributed by atoms with Crippen LogP contribution in [0.3, 0.4) is 0 Å². The van der Waals surface area contributed by atoms with Crippen LogP contribution in [0.5, 0.6) is 0 Å². The summed E-state index contributed by atoms with van der Waals surface area (Å²) >= 11 is 0. The molecule has 1 unspecified atom stereocenters. The minimum absolute atomic E-state index is 0.0370. The molecule has 1 atom stereocenters. The number of unbranched alkanes of at least 4 members (excludes halogenated alkanes) is 3. The van der Waals surface area contributed by atoms with Crippen molar-refractivity contribution in [3.8, 4) is 0 Å². The Hall–Kier alpha value is -2.11. The molecule has 6 nitrogen and oxygen atoms in total. The van der Waals surface area contributed by atoms with Gasteiger partial charge in [0, 0.05) is 39.0 Å². The minimum Gasteiger partial charge on any atom is -0.356 e. The highest BCUT2D eigenvalue weighted by atomic mass is 16.2. The van der Waals surface area contributed by atoms with Gasteiger partial charge in [0.1, 0.15) is 5.82 Å². The van der Waals surface area contributed by atoms with E-state index in [2.05, 4.69) is 37.9 Å². The van der Waals surface area contributed by atoms with E-state index in [0.717, 1.165) is 49.0 Å². The number of nitrogens with one attached hydrogen (secondary N) is 1. The molecule has 0 saturated carbocycles. The summed E-state index contributed by atoms with van der Waals surface area (Å²) in [5, 5.41) is 3.05. The molecular formula is C27H46N4O2. The maximum Gasteiger partial charge on any atom is 0.227 e. The number of anilines is 2. The number of pyridine rings is 1. The van der Waals surface area contributed by atoms with E-state index in [4.69, 9.17) is 4.98 Å². The largest absolute Gasteiger partial charge is 0.356 e. The first-order valence-corrected chi connectivity index (χ1v) is 13.1. The Morgan fingerprint density at radius 2 is 1.70 bits per heavy atom. The van der Waals surface area contributed by atoms with Crippen LogP contribution in [0.4, 0.5) is 11.5 Å². The zero-order valence-corrected chi connectivity index (χ0v) is 21.8. The molecule has 2 fully saturated rings. The SMILES string of the molecule is CC(=O)N1CCC(C(=O)Nc2ccc(N3CCC(C(C)C)C3)nc2C)CC1.CCCCCC. The summed E-state index contributed by atoms with van der Waals surface area (Å²) in [6.07, 6.45) is 8.20. The van der Waals surface area contributed by atoms with Gasteiger partial charge in [-0.3, -0.25) is 9.59 Å². The standard InChI is InChI=1S/C21H32N4O2.C6H14/c1-14(2)18-9-12-25(13-18)20-6-5-19(15(3)22-20)23-21(27)17-7-10-24(11-8-17)16(4)26;1-3-5-6-4-2/h5-6,14,17-18H,7-13H2,1-4H3,(H,23,27);3-6H2,1-2H3. The second kappa shape index (κ2) is 13.6. The molecular weight excluding hydrogens is 412 g/mol. The summed E-state index contributed by atoms with van der Waals surface area (Å²) in [5.41, 5.74) is 1.65. The predicted octanol–water partition coefficient (Wildman–Crippen LogP) is 5.66. The van der Waals surface area contributed by atoms with Crippen LogP contribution < -0.4 is 10.2 Å². The van der Waals surface area contributed by atoms with Gasteiger partial charge in [-0.15, -0.1) is 0 Å². The van der Waals surface area contributed by atoms with Gasteiger partial charge in [-0.25, -0.2) is 4.98 Å². The lowest BCUT2D eigenvalue weighted by Crippen LogP contribution is -2.40. The number of carbonyl (C=O) groups excluding carboxylic acids is 2. The fourth-order valence-corrected chi connectivity index (χ4v) is 4.59.